The van der Waals surface area contributed by atoms with Crippen molar-refractivity contribution in [3.05, 3.63) is 24.5 Å². The summed E-state index contributed by atoms with van der Waals surface area (Å²) in [4.78, 5) is 22.6. The van der Waals surface area contributed by atoms with E-state index in [1.807, 2.05) is 12.1 Å². The van der Waals surface area contributed by atoms with Gasteiger partial charge in [0, 0.05) is 23.6 Å². The number of hydrogen-bond donors (Lipinski definition) is 4. The topological polar surface area (TPSA) is 109 Å². The number of amides is 2. The predicted octanol–water partition coefficient (Wildman–Crippen LogP) is 1.44. The minimum absolute atomic E-state index is 0.275. The van der Waals surface area contributed by atoms with Crippen LogP contribution in [0.5, 0.6) is 0 Å². The molecule has 0 aliphatic heterocycles. The van der Waals surface area contributed by atoms with E-state index in [-0.39, 0.29) is 6.03 Å². The Hall–Kier alpha value is -2.83. The van der Waals surface area contributed by atoms with Gasteiger partial charge in [-0.25, -0.2) is 14.8 Å². The summed E-state index contributed by atoms with van der Waals surface area (Å²) in [6, 6.07) is 5.23. The lowest BCUT2D eigenvalue weighted by atomic mass is 10.2. The summed E-state index contributed by atoms with van der Waals surface area (Å²) in [7, 11) is 1.56. The van der Waals surface area contributed by atoms with E-state index in [1.54, 1.807) is 13.1 Å². The van der Waals surface area contributed by atoms with Gasteiger partial charge in [0.15, 0.2) is 0 Å². The van der Waals surface area contributed by atoms with Crippen LogP contribution in [0.2, 0.25) is 0 Å². The van der Waals surface area contributed by atoms with Crippen molar-refractivity contribution in [2.24, 2.45) is 0 Å². The molecule has 5 N–H and O–H groups in total. The summed E-state index contributed by atoms with van der Waals surface area (Å²) in [5.41, 5.74) is 8.12. The van der Waals surface area contributed by atoms with E-state index in [9.17, 15) is 4.79 Å². The molecule has 3 rings (SSSR count). The van der Waals surface area contributed by atoms with Crippen LogP contribution in [0.3, 0.4) is 0 Å². The SMILES string of the molecule is CNC(=O)Nc1ccc2[nH]c3ncnc(N)c3c2c1. The van der Waals surface area contributed by atoms with Gasteiger partial charge < -0.3 is 21.4 Å². The van der Waals surface area contributed by atoms with Crippen LogP contribution in [0.25, 0.3) is 21.9 Å². The van der Waals surface area contributed by atoms with E-state index in [0.29, 0.717) is 17.2 Å². The van der Waals surface area contributed by atoms with Crippen molar-refractivity contribution >= 4 is 39.5 Å². The van der Waals surface area contributed by atoms with Gasteiger partial charge in [0.1, 0.15) is 17.8 Å². The quantitative estimate of drug-likeness (QED) is 0.528. The van der Waals surface area contributed by atoms with Crippen molar-refractivity contribution in [1.29, 1.82) is 0 Å². The van der Waals surface area contributed by atoms with Crippen molar-refractivity contribution in [2.45, 2.75) is 0 Å². The highest BCUT2D eigenvalue weighted by molar-refractivity contribution is 6.11. The summed E-state index contributed by atoms with van der Waals surface area (Å²) in [5.74, 6) is 0.411. The molecule has 0 aliphatic carbocycles. The van der Waals surface area contributed by atoms with Gasteiger partial charge in [0.05, 0.1) is 5.39 Å². The lowest BCUT2D eigenvalue weighted by Crippen LogP contribution is -2.24. The van der Waals surface area contributed by atoms with Crippen LogP contribution < -0.4 is 16.4 Å². The number of aromatic nitrogens is 3. The molecule has 3 aromatic rings. The molecular weight excluding hydrogens is 244 g/mol. The van der Waals surface area contributed by atoms with Crippen LogP contribution in [0, 0.1) is 0 Å². The number of nitrogen functional groups attached to an aromatic ring is 1. The monoisotopic (exact) mass is 256 g/mol. The Morgan fingerprint density at radius 2 is 2.21 bits per heavy atom. The van der Waals surface area contributed by atoms with Crippen molar-refractivity contribution < 1.29 is 4.79 Å². The molecule has 2 aromatic heterocycles. The number of carbonyl (C=O) groups excluding carboxylic acids is 1. The van der Waals surface area contributed by atoms with Crippen LogP contribution in [-0.2, 0) is 0 Å². The van der Waals surface area contributed by atoms with Crippen molar-refractivity contribution in [3.63, 3.8) is 0 Å². The molecule has 96 valence electrons. The summed E-state index contributed by atoms with van der Waals surface area (Å²) < 4.78 is 0. The van der Waals surface area contributed by atoms with Gasteiger partial charge >= 0.3 is 6.03 Å². The lowest BCUT2D eigenvalue weighted by Gasteiger charge is -2.04. The van der Waals surface area contributed by atoms with Gasteiger partial charge in [-0.3, -0.25) is 0 Å². The Morgan fingerprint density at radius 3 is 3.00 bits per heavy atom. The van der Waals surface area contributed by atoms with Gasteiger partial charge in [0.2, 0.25) is 0 Å². The maximum absolute atomic E-state index is 11.3. The molecule has 0 saturated carbocycles. The number of H-pyrrole nitrogens is 1. The third-order valence-electron chi connectivity index (χ3n) is 2.90. The zero-order chi connectivity index (χ0) is 13.4. The van der Waals surface area contributed by atoms with E-state index in [4.69, 9.17) is 5.73 Å². The molecule has 2 amide bonds. The first kappa shape index (κ1) is 11.3. The number of fused-ring (bicyclic) bond motifs is 3. The Balaban J connectivity index is 2.21. The third kappa shape index (κ3) is 1.81. The fourth-order valence-corrected chi connectivity index (χ4v) is 2.02. The lowest BCUT2D eigenvalue weighted by molar-refractivity contribution is 0.254. The smallest absolute Gasteiger partial charge is 0.318 e. The van der Waals surface area contributed by atoms with Crippen LogP contribution >= 0.6 is 0 Å². The fourth-order valence-electron chi connectivity index (χ4n) is 2.02. The predicted molar refractivity (Wildman–Crippen MR) is 73.9 cm³/mol. The van der Waals surface area contributed by atoms with E-state index in [2.05, 4.69) is 25.6 Å². The van der Waals surface area contributed by atoms with Gasteiger partial charge in [-0.2, -0.15) is 0 Å². The Kier molecular flexibility index (Phi) is 2.45. The maximum atomic E-state index is 11.3. The Morgan fingerprint density at radius 1 is 1.37 bits per heavy atom. The summed E-state index contributed by atoms with van der Waals surface area (Å²) in [6.45, 7) is 0. The number of hydrogen-bond acceptors (Lipinski definition) is 4. The number of benzene rings is 1. The highest BCUT2D eigenvalue weighted by Gasteiger charge is 2.10. The Labute approximate surface area is 108 Å². The number of urea groups is 1. The zero-order valence-corrected chi connectivity index (χ0v) is 10.2. The normalized spacial score (nSPS) is 10.8. The third-order valence-corrected chi connectivity index (χ3v) is 2.90. The van der Waals surface area contributed by atoms with Crippen LogP contribution in [0.1, 0.15) is 0 Å². The van der Waals surface area contributed by atoms with E-state index < -0.39 is 0 Å². The summed E-state index contributed by atoms with van der Waals surface area (Å²) >= 11 is 0. The van der Waals surface area contributed by atoms with Crippen LogP contribution in [0.15, 0.2) is 24.5 Å². The minimum Gasteiger partial charge on any atom is -0.383 e. The second-order valence-electron chi connectivity index (χ2n) is 4.07. The van der Waals surface area contributed by atoms with E-state index >= 15 is 0 Å². The zero-order valence-electron chi connectivity index (χ0n) is 10.2. The first-order valence-electron chi connectivity index (χ1n) is 5.69. The molecule has 0 saturated heterocycles. The molecule has 0 aliphatic rings. The van der Waals surface area contributed by atoms with Gasteiger partial charge in [-0.05, 0) is 18.2 Å². The number of anilines is 2. The first-order chi connectivity index (χ1) is 9.19. The minimum atomic E-state index is -0.275. The summed E-state index contributed by atoms with van der Waals surface area (Å²) in [5, 5.41) is 6.85. The molecule has 0 unspecified atom stereocenters. The second kappa shape index (κ2) is 4.13. The number of rotatable bonds is 1. The molecule has 19 heavy (non-hydrogen) atoms. The highest BCUT2D eigenvalue weighted by atomic mass is 16.2. The molecule has 0 radical (unpaired) electrons. The number of nitrogens with one attached hydrogen (secondary N) is 3. The number of carbonyl (C=O) groups is 1. The molecule has 7 nitrogen and oxygen atoms in total. The van der Waals surface area contributed by atoms with E-state index in [0.717, 1.165) is 16.3 Å². The van der Waals surface area contributed by atoms with E-state index in [1.165, 1.54) is 6.33 Å². The Bertz CT molecular complexity index is 778. The first-order valence-corrected chi connectivity index (χ1v) is 5.69. The average Bonchev–Trinajstić information content (AvgIpc) is 2.77. The molecule has 2 heterocycles. The molecule has 0 fully saturated rings. The fraction of sp³-hybridized carbons (Fsp3) is 0.0833. The summed E-state index contributed by atoms with van der Waals surface area (Å²) in [6.07, 6.45) is 1.41. The highest BCUT2D eigenvalue weighted by Crippen LogP contribution is 2.29. The maximum Gasteiger partial charge on any atom is 0.318 e. The number of nitrogens with zero attached hydrogens (tertiary/aromatic N) is 2. The van der Waals surface area contributed by atoms with Crippen molar-refractivity contribution in [2.75, 3.05) is 18.1 Å². The van der Waals surface area contributed by atoms with Gasteiger partial charge in [-0.1, -0.05) is 0 Å². The van der Waals surface area contributed by atoms with Crippen LogP contribution in [-0.4, -0.2) is 28.0 Å². The van der Waals surface area contributed by atoms with Gasteiger partial charge in [0.25, 0.3) is 0 Å². The van der Waals surface area contributed by atoms with Gasteiger partial charge in [-0.15, -0.1) is 0 Å². The molecule has 1 aromatic carbocycles. The second-order valence-corrected chi connectivity index (χ2v) is 4.07. The van der Waals surface area contributed by atoms with Crippen LogP contribution in [0.4, 0.5) is 16.3 Å². The molecular formula is C12H12N6O. The number of aromatic amines is 1. The van der Waals surface area contributed by atoms with Crippen molar-refractivity contribution in [1.82, 2.24) is 20.3 Å². The average molecular weight is 256 g/mol. The van der Waals surface area contributed by atoms with Crippen molar-refractivity contribution in [3.8, 4) is 0 Å². The largest absolute Gasteiger partial charge is 0.383 e. The standard InChI is InChI=1S/C12H12N6O/c1-14-12(19)17-6-2-3-8-7(4-6)9-10(13)15-5-16-11(9)18-8/h2-5H,1H3,(H2,14,17,19)(H3,13,15,16,18). The molecule has 7 heteroatoms. The number of nitrogens with two attached hydrogens (primary N) is 1. The molecule has 0 bridgehead atoms. The molecule has 0 spiro atoms. The molecule has 0 atom stereocenters.